The number of benzene rings is 1. The van der Waals surface area contributed by atoms with Gasteiger partial charge in [-0.3, -0.25) is 5.41 Å². The van der Waals surface area contributed by atoms with Gasteiger partial charge in [-0.2, -0.15) is 8.78 Å². The second-order valence-electron chi connectivity index (χ2n) is 2.74. The van der Waals surface area contributed by atoms with Crippen molar-refractivity contribution >= 4 is 11.9 Å². The summed E-state index contributed by atoms with van der Waals surface area (Å²) < 4.78 is 27.8. The summed E-state index contributed by atoms with van der Waals surface area (Å²) >= 11 is 0. The predicted octanol–water partition coefficient (Wildman–Crippen LogP) is 2.24. The van der Waals surface area contributed by atoms with Crippen LogP contribution in [-0.2, 0) is 0 Å². The third-order valence-electron chi connectivity index (χ3n) is 1.56. The Morgan fingerprint density at radius 1 is 1.33 bits per heavy atom. The lowest BCUT2D eigenvalue weighted by molar-refractivity contribution is -0.0498. The van der Waals surface area contributed by atoms with E-state index in [2.05, 4.69) is 4.74 Å². The number of alkyl halides is 2. The summed E-state index contributed by atoms with van der Waals surface area (Å²) in [6.07, 6.45) is 3.01. The molecular weight excluding hydrogens is 202 g/mol. The molecule has 0 amide bonds. The van der Waals surface area contributed by atoms with Crippen molar-refractivity contribution in [1.82, 2.24) is 0 Å². The number of hydrogen-bond acceptors (Lipinski definition) is 2. The van der Waals surface area contributed by atoms with Crippen molar-refractivity contribution < 1.29 is 13.5 Å². The summed E-state index contributed by atoms with van der Waals surface area (Å²) in [7, 11) is 0. The van der Waals surface area contributed by atoms with E-state index in [-0.39, 0.29) is 11.6 Å². The Labute approximate surface area is 85.7 Å². The van der Waals surface area contributed by atoms with E-state index in [1.54, 1.807) is 18.2 Å². The number of hydrogen-bond donors (Lipinski definition) is 2. The lowest BCUT2D eigenvalue weighted by Crippen LogP contribution is -2.04. The molecule has 0 spiro atoms. The first-order valence-electron chi connectivity index (χ1n) is 4.15. The largest absolute Gasteiger partial charge is 0.435 e. The average Bonchev–Trinajstić information content (AvgIpc) is 2.16. The quantitative estimate of drug-likeness (QED) is 0.594. The van der Waals surface area contributed by atoms with Crippen LogP contribution >= 0.6 is 0 Å². The first kappa shape index (κ1) is 11.2. The van der Waals surface area contributed by atoms with Gasteiger partial charge in [0, 0.05) is 0 Å². The van der Waals surface area contributed by atoms with Crippen LogP contribution in [0.3, 0.4) is 0 Å². The molecule has 1 aromatic carbocycles. The molecule has 15 heavy (non-hydrogen) atoms. The van der Waals surface area contributed by atoms with Crippen molar-refractivity contribution in [3.63, 3.8) is 0 Å². The number of ether oxygens (including phenoxy) is 1. The Morgan fingerprint density at radius 3 is 2.40 bits per heavy atom. The molecule has 0 saturated heterocycles. The van der Waals surface area contributed by atoms with Crippen LogP contribution in [0.5, 0.6) is 5.75 Å². The van der Waals surface area contributed by atoms with Gasteiger partial charge in [0.1, 0.15) is 11.6 Å². The van der Waals surface area contributed by atoms with Crippen molar-refractivity contribution in [3.8, 4) is 5.75 Å². The van der Waals surface area contributed by atoms with E-state index in [0.717, 1.165) is 5.56 Å². The average molecular weight is 212 g/mol. The van der Waals surface area contributed by atoms with E-state index in [1.165, 1.54) is 18.2 Å². The summed E-state index contributed by atoms with van der Waals surface area (Å²) in [5.41, 5.74) is 5.87. The lowest BCUT2D eigenvalue weighted by Gasteiger charge is -2.03. The summed E-state index contributed by atoms with van der Waals surface area (Å²) in [5, 5.41) is 6.95. The molecule has 0 saturated carbocycles. The molecule has 5 heteroatoms. The van der Waals surface area contributed by atoms with E-state index >= 15 is 0 Å². The molecule has 0 aliphatic rings. The fraction of sp³-hybridized carbons (Fsp3) is 0.100. The van der Waals surface area contributed by atoms with Crippen LogP contribution < -0.4 is 10.5 Å². The second kappa shape index (κ2) is 5.09. The van der Waals surface area contributed by atoms with Gasteiger partial charge >= 0.3 is 6.61 Å². The van der Waals surface area contributed by atoms with Gasteiger partial charge < -0.3 is 10.5 Å². The Balaban J connectivity index is 2.68. The van der Waals surface area contributed by atoms with Crippen LogP contribution in [0.25, 0.3) is 6.08 Å². The number of halogens is 2. The van der Waals surface area contributed by atoms with Gasteiger partial charge in [-0.05, 0) is 23.8 Å². The Hall–Kier alpha value is -1.91. The van der Waals surface area contributed by atoms with Gasteiger partial charge in [-0.1, -0.05) is 18.2 Å². The molecular formula is C10H10F2N2O. The van der Waals surface area contributed by atoms with Crippen molar-refractivity contribution in [2.75, 3.05) is 0 Å². The number of amidine groups is 1. The Bertz CT molecular complexity index is 360. The molecule has 0 bridgehead atoms. The summed E-state index contributed by atoms with van der Waals surface area (Å²) in [5.74, 6) is 0.0351. The monoisotopic (exact) mass is 212 g/mol. The third-order valence-corrected chi connectivity index (χ3v) is 1.56. The van der Waals surface area contributed by atoms with Crippen LogP contribution in [0.4, 0.5) is 8.78 Å². The molecule has 80 valence electrons. The second-order valence-corrected chi connectivity index (χ2v) is 2.74. The fourth-order valence-corrected chi connectivity index (χ4v) is 0.946. The highest BCUT2D eigenvalue weighted by molar-refractivity contribution is 5.92. The molecule has 0 aliphatic carbocycles. The Kier molecular flexibility index (Phi) is 3.79. The summed E-state index contributed by atoms with van der Waals surface area (Å²) in [6, 6.07) is 6.03. The molecule has 0 unspecified atom stereocenters. The molecule has 3 nitrogen and oxygen atoms in total. The first-order valence-corrected chi connectivity index (χ1v) is 4.15. The van der Waals surface area contributed by atoms with Gasteiger partial charge in [0.25, 0.3) is 0 Å². The maximum absolute atomic E-state index is 11.8. The van der Waals surface area contributed by atoms with E-state index in [0.29, 0.717) is 0 Å². The van der Waals surface area contributed by atoms with Crippen molar-refractivity contribution in [3.05, 3.63) is 35.9 Å². The molecule has 0 radical (unpaired) electrons. The van der Waals surface area contributed by atoms with E-state index in [9.17, 15) is 8.78 Å². The van der Waals surface area contributed by atoms with Crippen molar-refractivity contribution in [2.24, 2.45) is 5.73 Å². The zero-order valence-electron chi connectivity index (χ0n) is 7.78. The topological polar surface area (TPSA) is 59.1 Å². The Morgan fingerprint density at radius 2 is 1.93 bits per heavy atom. The zero-order valence-corrected chi connectivity index (χ0v) is 7.78. The van der Waals surface area contributed by atoms with Crippen molar-refractivity contribution in [1.29, 1.82) is 5.41 Å². The highest BCUT2D eigenvalue weighted by atomic mass is 19.3. The van der Waals surface area contributed by atoms with Gasteiger partial charge in [0.05, 0.1) is 0 Å². The third kappa shape index (κ3) is 4.21. The fourth-order valence-electron chi connectivity index (χ4n) is 0.946. The zero-order chi connectivity index (χ0) is 11.3. The normalized spacial score (nSPS) is 10.9. The summed E-state index contributed by atoms with van der Waals surface area (Å²) in [4.78, 5) is 0. The first-order chi connectivity index (χ1) is 7.08. The molecule has 3 N–H and O–H groups in total. The minimum Gasteiger partial charge on any atom is -0.435 e. The minimum atomic E-state index is -2.82. The van der Waals surface area contributed by atoms with Gasteiger partial charge in [-0.15, -0.1) is 0 Å². The van der Waals surface area contributed by atoms with E-state index in [1.807, 2.05) is 0 Å². The molecule has 0 aliphatic heterocycles. The number of rotatable bonds is 4. The smallest absolute Gasteiger partial charge is 0.387 e. The van der Waals surface area contributed by atoms with Gasteiger partial charge in [0.15, 0.2) is 0 Å². The number of nitrogens with two attached hydrogens (primary N) is 1. The van der Waals surface area contributed by atoms with Crippen LogP contribution in [0.2, 0.25) is 0 Å². The van der Waals surface area contributed by atoms with Crippen LogP contribution in [0, 0.1) is 5.41 Å². The molecule has 0 aromatic heterocycles. The molecule has 0 heterocycles. The highest BCUT2D eigenvalue weighted by Crippen LogP contribution is 2.15. The minimum absolute atomic E-state index is 0.0668. The SMILES string of the molecule is N=C(N)C=Cc1ccc(OC(F)F)cc1. The van der Waals surface area contributed by atoms with Crippen LogP contribution in [0.15, 0.2) is 30.3 Å². The lowest BCUT2D eigenvalue weighted by atomic mass is 10.2. The maximum atomic E-state index is 11.8. The van der Waals surface area contributed by atoms with E-state index < -0.39 is 6.61 Å². The van der Waals surface area contributed by atoms with E-state index in [4.69, 9.17) is 11.1 Å². The maximum Gasteiger partial charge on any atom is 0.387 e. The molecule has 0 atom stereocenters. The summed E-state index contributed by atoms with van der Waals surface area (Å²) in [6.45, 7) is -2.82. The standard InChI is InChI=1S/C10H10F2N2O/c11-10(12)15-8-4-1-7(2-5-8)3-6-9(13)14/h1-6,10H,(H3,13,14). The van der Waals surface area contributed by atoms with Crippen molar-refractivity contribution in [2.45, 2.75) is 6.61 Å². The van der Waals surface area contributed by atoms with Gasteiger partial charge in [0.2, 0.25) is 0 Å². The number of nitrogens with one attached hydrogen (secondary N) is 1. The molecule has 1 rings (SSSR count). The van der Waals surface area contributed by atoms with Gasteiger partial charge in [-0.25, -0.2) is 0 Å². The highest BCUT2D eigenvalue weighted by Gasteiger charge is 2.02. The van der Waals surface area contributed by atoms with Crippen LogP contribution in [-0.4, -0.2) is 12.4 Å². The molecule has 1 aromatic rings. The van der Waals surface area contributed by atoms with Crippen LogP contribution in [0.1, 0.15) is 5.56 Å². The predicted molar refractivity (Wildman–Crippen MR) is 54.0 cm³/mol. The molecule has 0 fully saturated rings.